The molecule has 0 fully saturated rings. The van der Waals surface area contributed by atoms with Crippen molar-refractivity contribution in [1.82, 2.24) is 4.90 Å². The van der Waals surface area contributed by atoms with Gasteiger partial charge in [-0.15, -0.1) is 22.7 Å². The molecule has 2 aromatic heterocycles. The predicted molar refractivity (Wildman–Crippen MR) is 83.7 cm³/mol. The molecule has 0 aliphatic heterocycles. The van der Waals surface area contributed by atoms with Crippen LogP contribution in [0.25, 0.3) is 0 Å². The van der Waals surface area contributed by atoms with Gasteiger partial charge in [-0.25, -0.2) is 0 Å². The second kappa shape index (κ2) is 6.66. The van der Waals surface area contributed by atoms with Gasteiger partial charge in [0.15, 0.2) is 5.78 Å². The summed E-state index contributed by atoms with van der Waals surface area (Å²) in [5, 5.41) is 0. The highest BCUT2D eigenvalue weighted by Crippen LogP contribution is 2.23. The van der Waals surface area contributed by atoms with Gasteiger partial charge < -0.3 is 0 Å². The van der Waals surface area contributed by atoms with Crippen molar-refractivity contribution >= 4 is 40.1 Å². The van der Waals surface area contributed by atoms with Crippen molar-refractivity contribution in [2.45, 2.75) is 19.9 Å². The van der Waals surface area contributed by atoms with E-state index in [-0.39, 0.29) is 5.78 Å². The molecule has 102 valence electrons. The van der Waals surface area contributed by atoms with Crippen LogP contribution in [0.1, 0.15) is 26.3 Å². The number of nitrogens with zero attached hydrogens (tertiary/aromatic N) is 1. The molecule has 0 aliphatic carbocycles. The summed E-state index contributed by atoms with van der Waals surface area (Å²) in [5.41, 5.74) is 0. The molecule has 0 spiro atoms. The van der Waals surface area contributed by atoms with Gasteiger partial charge >= 0.3 is 0 Å². The highest BCUT2D eigenvalue weighted by atomic mass is 35.5. The van der Waals surface area contributed by atoms with Crippen LogP contribution in [0.3, 0.4) is 0 Å². The molecule has 0 N–H and O–H groups in total. The molecular formula is C14H16ClNOS2. The van der Waals surface area contributed by atoms with Crippen LogP contribution in [0.2, 0.25) is 4.34 Å². The van der Waals surface area contributed by atoms with Crippen molar-refractivity contribution in [2.24, 2.45) is 0 Å². The monoisotopic (exact) mass is 313 g/mol. The number of carbonyl (C=O) groups is 1. The molecule has 0 saturated carbocycles. The van der Waals surface area contributed by atoms with E-state index in [2.05, 4.69) is 6.92 Å². The highest BCUT2D eigenvalue weighted by molar-refractivity contribution is 7.16. The van der Waals surface area contributed by atoms with Crippen molar-refractivity contribution in [3.8, 4) is 0 Å². The lowest BCUT2D eigenvalue weighted by Crippen LogP contribution is -2.24. The van der Waals surface area contributed by atoms with Crippen LogP contribution in [0.15, 0.2) is 24.3 Å². The summed E-state index contributed by atoms with van der Waals surface area (Å²) < 4.78 is 0.792. The van der Waals surface area contributed by atoms with E-state index >= 15 is 0 Å². The molecule has 0 atom stereocenters. The van der Waals surface area contributed by atoms with E-state index in [1.54, 1.807) is 22.7 Å². The number of thiophene rings is 2. The topological polar surface area (TPSA) is 20.3 Å². The number of carbonyl (C=O) groups excluding carboxylic acids is 1. The third-order valence-corrected chi connectivity index (χ3v) is 5.24. The zero-order valence-electron chi connectivity index (χ0n) is 11.0. The van der Waals surface area contributed by atoms with Gasteiger partial charge in [0.1, 0.15) is 0 Å². The number of likely N-dealkylation sites (N-methyl/N-ethyl adjacent to an activating group) is 1. The Morgan fingerprint density at radius 2 is 1.95 bits per heavy atom. The van der Waals surface area contributed by atoms with Crippen LogP contribution in [0.4, 0.5) is 0 Å². The Morgan fingerprint density at radius 3 is 2.53 bits per heavy atom. The first-order valence-electron chi connectivity index (χ1n) is 6.13. The fourth-order valence-electron chi connectivity index (χ4n) is 1.80. The SMILES string of the molecule is CCc1ccc(C(=O)CN(C)Cc2ccc(Cl)s2)s1. The fraction of sp³-hybridized carbons (Fsp3) is 0.357. The van der Waals surface area contributed by atoms with Gasteiger partial charge in [0.2, 0.25) is 0 Å². The lowest BCUT2D eigenvalue weighted by atomic mass is 10.3. The van der Waals surface area contributed by atoms with Gasteiger partial charge in [0.05, 0.1) is 15.8 Å². The maximum Gasteiger partial charge on any atom is 0.186 e. The Bertz CT molecular complexity index is 561. The maximum absolute atomic E-state index is 12.1. The van der Waals surface area contributed by atoms with Crippen LogP contribution in [0.5, 0.6) is 0 Å². The van der Waals surface area contributed by atoms with Gasteiger partial charge in [0.25, 0.3) is 0 Å². The van der Waals surface area contributed by atoms with E-state index in [1.807, 2.05) is 36.2 Å². The molecule has 0 aromatic carbocycles. The number of rotatable bonds is 6. The Morgan fingerprint density at radius 1 is 1.21 bits per heavy atom. The van der Waals surface area contributed by atoms with E-state index in [9.17, 15) is 4.79 Å². The van der Waals surface area contributed by atoms with Gasteiger partial charge in [-0.05, 0) is 37.7 Å². The molecule has 0 unspecified atom stereocenters. The highest BCUT2D eigenvalue weighted by Gasteiger charge is 2.12. The van der Waals surface area contributed by atoms with Crippen LogP contribution < -0.4 is 0 Å². The van der Waals surface area contributed by atoms with Gasteiger partial charge in [-0.1, -0.05) is 18.5 Å². The summed E-state index contributed by atoms with van der Waals surface area (Å²) in [5.74, 6) is 0.190. The Kier molecular flexibility index (Phi) is 5.16. The first-order chi connectivity index (χ1) is 9.08. The Hall–Kier alpha value is -0.680. The quantitative estimate of drug-likeness (QED) is 0.739. The zero-order chi connectivity index (χ0) is 13.8. The molecule has 2 rings (SSSR count). The van der Waals surface area contributed by atoms with Crippen molar-refractivity contribution < 1.29 is 4.79 Å². The Labute approximate surface area is 126 Å². The van der Waals surface area contributed by atoms with Crippen LogP contribution in [-0.4, -0.2) is 24.3 Å². The normalized spacial score (nSPS) is 11.2. The molecule has 2 heterocycles. The van der Waals surface area contributed by atoms with Crippen molar-refractivity contribution in [1.29, 1.82) is 0 Å². The summed E-state index contributed by atoms with van der Waals surface area (Å²) in [7, 11) is 1.96. The van der Waals surface area contributed by atoms with Gasteiger partial charge in [-0.3, -0.25) is 9.69 Å². The van der Waals surface area contributed by atoms with E-state index in [4.69, 9.17) is 11.6 Å². The largest absolute Gasteiger partial charge is 0.294 e. The van der Waals surface area contributed by atoms with Crippen LogP contribution >= 0.6 is 34.3 Å². The number of hydrogen-bond acceptors (Lipinski definition) is 4. The maximum atomic E-state index is 12.1. The zero-order valence-corrected chi connectivity index (χ0v) is 13.4. The van der Waals surface area contributed by atoms with E-state index < -0.39 is 0 Å². The number of Topliss-reactive ketones (excluding diaryl/α,β-unsaturated/α-hetero) is 1. The first kappa shape index (κ1) is 14.7. The summed E-state index contributed by atoms with van der Waals surface area (Å²) in [6, 6.07) is 7.87. The number of halogens is 1. The summed E-state index contributed by atoms with van der Waals surface area (Å²) in [4.78, 5) is 17.4. The molecule has 19 heavy (non-hydrogen) atoms. The first-order valence-corrected chi connectivity index (χ1v) is 8.14. The van der Waals surface area contributed by atoms with Crippen molar-refractivity contribution in [3.63, 3.8) is 0 Å². The summed E-state index contributed by atoms with van der Waals surface area (Å²) >= 11 is 9.06. The average Bonchev–Trinajstić information content (AvgIpc) is 2.98. The van der Waals surface area contributed by atoms with Gasteiger partial charge in [0, 0.05) is 16.3 Å². The third-order valence-electron chi connectivity index (χ3n) is 2.75. The second-order valence-corrected chi connectivity index (χ2v) is 7.39. The van der Waals surface area contributed by atoms with Crippen molar-refractivity contribution in [2.75, 3.05) is 13.6 Å². The summed E-state index contributed by atoms with van der Waals surface area (Å²) in [6.07, 6.45) is 0.988. The molecule has 0 aliphatic rings. The van der Waals surface area contributed by atoms with Gasteiger partial charge in [-0.2, -0.15) is 0 Å². The lowest BCUT2D eigenvalue weighted by Gasteiger charge is -2.13. The van der Waals surface area contributed by atoms with E-state index in [1.165, 1.54) is 9.75 Å². The molecule has 2 nitrogen and oxygen atoms in total. The van der Waals surface area contributed by atoms with Crippen molar-refractivity contribution in [3.05, 3.63) is 43.2 Å². The smallest absolute Gasteiger partial charge is 0.186 e. The minimum atomic E-state index is 0.190. The minimum absolute atomic E-state index is 0.190. The lowest BCUT2D eigenvalue weighted by molar-refractivity contribution is 0.0947. The number of aryl methyl sites for hydroxylation is 1. The molecule has 2 aromatic rings. The molecule has 0 radical (unpaired) electrons. The molecule has 0 bridgehead atoms. The Balaban J connectivity index is 1.91. The molecular weight excluding hydrogens is 298 g/mol. The predicted octanol–water partition coefficient (Wildman–Crippen LogP) is 4.34. The standard InChI is InChI=1S/C14H16ClNOS2/c1-3-10-4-6-13(18-10)12(17)9-16(2)8-11-5-7-14(15)19-11/h4-7H,3,8-9H2,1-2H3. The van der Waals surface area contributed by atoms with E-state index in [0.717, 1.165) is 22.2 Å². The minimum Gasteiger partial charge on any atom is -0.294 e. The molecule has 5 heteroatoms. The molecule has 0 saturated heterocycles. The molecule has 0 amide bonds. The summed E-state index contributed by atoms with van der Waals surface area (Å²) in [6.45, 7) is 3.31. The average molecular weight is 314 g/mol. The number of ketones is 1. The number of hydrogen-bond donors (Lipinski definition) is 0. The second-order valence-electron chi connectivity index (χ2n) is 4.42. The fourth-order valence-corrected chi connectivity index (χ4v) is 3.84. The van der Waals surface area contributed by atoms with Crippen LogP contribution in [0, 0.1) is 0 Å². The van der Waals surface area contributed by atoms with E-state index in [0.29, 0.717) is 6.54 Å². The van der Waals surface area contributed by atoms with Crippen LogP contribution in [-0.2, 0) is 13.0 Å². The third kappa shape index (κ3) is 4.14.